The molecule has 7 N–H and O–H groups in total. The number of nitrogen functional groups attached to an aromatic ring is 1. The molecule has 0 saturated carbocycles. The zero-order chi connectivity index (χ0) is 39.3. The van der Waals surface area contributed by atoms with Crippen molar-refractivity contribution in [3.8, 4) is 17.2 Å². The van der Waals surface area contributed by atoms with Crippen LogP contribution in [-0.4, -0.2) is 80.4 Å². The number of carbonyl (C=O) groups is 3. The van der Waals surface area contributed by atoms with E-state index in [1.165, 1.54) is 46.3 Å². The SMILES string of the molecule is COC1/C=C\OC2(C)Oc3c(C)c(O)c4c(O)c(c5sc(N)nc5c4c3C2=O)NC(=O)/C(C)=C/C=C/C(C)C(O)C(C)C(O)C(C)C(OC(C)=O)C1C. The Bertz CT molecular complexity index is 2060. The Labute approximate surface area is 310 Å². The van der Waals surface area contributed by atoms with Gasteiger partial charge in [0.25, 0.3) is 11.7 Å². The van der Waals surface area contributed by atoms with Crippen molar-refractivity contribution in [3.05, 3.63) is 47.3 Å². The molecular formula is C38H47N3O11S. The quantitative estimate of drug-likeness (QED) is 0.146. The van der Waals surface area contributed by atoms with Crippen LogP contribution in [0.4, 0.5) is 10.8 Å². The van der Waals surface area contributed by atoms with Crippen LogP contribution in [0.1, 0.15) is 64.4 Å². The van der Waals surface area contributed by atoms with Gasteiger partial charge in [-0.2, -0.15) is 0 Å². The highest BCUT2D eigenvalue weighted by Gasteiger charge is 2.49. The highest BCUT2D eigenvalue weighted by atomic mass is 32.1. The van der Waals surface area contributed by atoms with Gasteiger partial charge in [-0.15, -0.1) is 0 Å². The Kier molecular flexibility index (Phi) is 11.2. The number of anilines is 2. The van der Waals surface area contributed by atoms with Gasteiger partial charge in [0.15, 0.2) is 10.9 Å². The summed E-state index contributed by atoms with van der Waals surface area (Å²) in [6.45, 7) is 12.7. The van der Waals surface area contributed by atoms with Crippen LogP contribution in [0, 0.1) is 30.6 Å². The van der Waals surface area contributed by atoms with Crippen LogP contribution in [0.3, 0.4) is 0 Å². The summed E-state index contributed by atoms with van der Waals surface area (Å²) in [7, 11) is 1.45. The van der Waals surface area contributed by atoms with Crippen molar-refractivity contribution in [1.82, 2.24) is 4.98 Å². The molecule has 0 aliphatic carbocycles. The highest BCUT2D eigenvalue weighted by Crippen LogP contribution is 2.55. The number of methoxy groups -OCH3 is 1. The lowest BCUT2D eigenvalue weighted by atomic mass is 9.78. The van der Waals surface area contributed by atoms with Crippen molar-refractivity contribution in [1.29, 1.82) is 0 Å². The fraction of sp³-hybridized carbons (Fsp3) is 0.474. The minimum atomic E-state index is -1.95. The number of aromatic nitrogens is 1. The van der Waals surface area contributed by atoms with Crippen LogP contribution in [0.2, 0.25) is 0 Å². The molecule has 0 saturated heterocycles. The second-order valence-electron chi connectivity index (χ2n) is 14.1. The molecule has 2 aromatic carbocycles. The molecular weight excluding hydrogens is 706 g/mol. The fourth-order valence-corrected chi connectivity index (χ4v) is 7.98. The van der Waals surface area contributed by atoms with Gasteiger partial charge in [-0.25, -0.2) is 4.98 Å². The number of amides is 1. The first-order chi connectivity index (χ1) is 24.8. The molecule has 1 aromatic heterocycles. The summed E-state index contributed by atoms with van der Waals surface area (Å²) in [5, 5.41) is 48.6. The Morgan fingerprint density at radius 3 is 2.34 bits per heavy atom. The molecule has 3 aromatic rings. The number of carbonyl (C=O) groups excluding carboxylic acids is 3. The van der Waals surface area contributed by atoms with Gasteiger partial charge < -0.3 is 50.4 Å². The van der Waals surface area contributed by atoms with Crippen molar-refractivity contribution in [2.24, 2.45) is 23.7 Å². The molecule has 0 radical (unpaired) electrons. The van der Waals surface area contributed by atoms with E-state index >= 15 is 0 Å². The number of ketones is 1. The second kappa shape index (κ2) is 15.0. The van der Waals surface area contributed by atoms with Gasteiger partial charge in [-0.3, -0.25) is 14.4 Å². The molecule has 0 fully saturated rings. The summed E-state index contributed by atoms with van der Waals surface area (Å²) in [5.74, 6) is -7.04. The van der Waals surface area contributed by atoms with E-state index in [1.54, 1.807) is 46.8 Å². The average Bonchev–Trinajstić information content (AvgIpc) is 3.63. The predicted octanol–water partition coefficient (Wildman–Crippen LogP) is 5.24. The summed E-state index contributed by atoms with van der Waals surface area (Å²) < 4.78 is 23.8. The number of nitrogens with two attached hydrogens (primary N) is 1. The molecule has 9 atom stereocenters. The fourth-order valence-electron chi connectivity index (χ4n) is 7.14. The van der Waals surface area contributed by atoms with Crippen LogP contribution in [0.15, 0.2) is 36.1 Å². The number of nitrogens with zero attached hydrogens (tertiary/aromatic N) is 1. The summed E-state index contributed by atoms with van der Waals surface area (Å²) in [6, 6.07) is 0. The minimum Gasteiger partial charge on any atom is -0.507 e. The number of hydrogen-bond acceptors (Lipinski definition) is 14. The number of esters is 1. The highest BCUT2D eigenvalue weighted by molar-refractivity contribution is 7.22. The first kappa shape index (κ1) is 39.5. The van der Waals surface area contributed by atoms with Crippen LogP contribution in [0.25, 0.3) is 21.0 Å². The van der Waals surface area contributed by atoms with E-state index in [4.69, 9.17) is 24.7 Å². The number of aliphatic hydroxyl groups excluding tert-OH is 2. The number of allylic oxidation sites excluding steroid dienone is 2. The van der Waals surface area contributed by atoms with Crippen LogP contribution < -0.4 is 15.8 Å². The molecule has 9 unspecified atom stereocenters. The Balaban J connectivity index is 1.70. The number of thiazole rings is 1. The number of ether oxygens (including phenoxy) is 4. The van der Waals surface area contributed by atoms with Crippen molar-refractivity contribution in [2.75, 3.05) is 18.2 Å². The van der Waals surface area contributed by atoms with Crippen LogP contribution in [-0.2, 0) is 23.8 Å². The summed E-state index contributed by atoms with van der Waals surface area (Å²) in [5.41, 5.74) is 6.57. The lowest BCUT2D eigenvalue weighted by Gasteiger charge is -2.38. The third kappa shape index (κ3) is 7.05. The molecule has 3 heterocycles. The van der Waals surface area contributed by atoms with E-state index in [9.17, 15) is 34.8 Å². The molecule has 53 heavy (non-hydrogen) atoms. The lowest BCUT2D eigenvalue weighted by Crippen LogP contribution is -2.46. The van der Waals surface area contributed by atoms with Gasteiger partial charge in [0.2, 0.25) is 0 Å². The third-order valence-electron chi connectivity index (χ3n) is 10.4. The normalized spacial score (nSPS) is 32.2. The van der Waals surface area contributed by atoms with E-state index < -0.39 is 83.0 Å². The van der Waals surface area contributed by atoms with Gasteiger partial charge in [0.05, 0.1) is 45.7 Å². The van der Waals surface area contributed by atoms with Gasteiger partial charge >= 0.3 is 11.8 Å². The molecule has 4 bridgehead atoms. The van der Waals surface area contributed by atoms with E-state index in [-0.39, 0.29) is 54.3 Å². The topological polar surface area (TPSA) is 220 Å². The standard InChI is InChI=1S/C38H47N3O11S/c1-15-11-10-12-16(2)36(48)40-27-31(46)24-23(26-34(27)53-37(39)41-26)25-33(20(6)30(24)45)52-38(8,35(25)47)50-14-13-22(49-9)17(3)32(51-21(7)42)19(5)29(44)18(4)28(15)43/h10-15,17-19,22,28-29,32,43-46H,1-9H3,(H2,39,41)(H,40,48)/b11-10+,14-13-,16-12+. The van der Waals surface area contributed by atoms with E-state index in [1.807, 2.05) is 0 Å². The Morgan fingerprint density at radius 2 is 1.70 bits per heavy atom. The zero-order valence-corrected chi connectivity index (χ0v) is 31.9. The molecule has 2 aliphatic rings. The number of fused-ring (bicyclic) bond motifs is 1. The Morgan fingerprint density at radius 1 is 1.02 bits per heavy atom. The number of benzene rings is 2. The number of phenols is 2. The second-order valence-corrected chi connectivity index (χ2v) is 15.1. The summed E-state index contributed by atoms with van der Waals surface area (Å²) >= 11 is 0.968. The van der Waals surface area contributed by atoms with Gasteiger partial charge in [0, 0.05) is 61.2 Å². The Hall–Kier alpha value is -4.70. The summed E-state index contributed by atoms with van der Waals surface area (Å²) in [6.07, 6.45) is 3.80. The zero-order valence-electron chi connectivity index (χ0n) is 31.1. The lowest BCUT2D eigenvalue weighted by molar-refractivity contribution is -0.160. The number of hydrogen-bond donors (Lipinski definition) is 6. The number of aliphatic hydroxyl groups is 2. The van der Waals surface area contributed by atoms with Crippen molar-refractivity contribution >= 4 is 60.8 Å². The maximum atomic E-state index is 14.3. The molecule has 5 rings (SSSR count). The maximum Gasteiger partial charge on any atom is 0.312 e. The first-order valence-corrected chi connectivity index (χ1v) is 18.1. The largest absolute Gasteiger partial charge is 0.507 e. The van der Waals surface area contributed by atoms with E-state index in [0.29, 0.717) is 0 Å². The van der Waals surface area contributed by atoms with Crippen molar-refractivity contribution in [2.45, 2.75) is 85.6 Å². The third-order valence-corrected chi connectivity index (χ3v) is 11.3. The minimum absolute atomic E-state index is 0.00910. The molecule has 1 amide bonds. The smallest absolute Gasteiger partial charge is 0.312 e. The van der Waals surface area contributed by atoms with Crippen LogP contribution >= 0.6 is 11.3 Å². The predicted molar refractivity (Wildman–Crippen MR) is 200 cm³/mol. The van der Waals surface area contributed by atoms with Gasteiger partial charge in [-0.05, 0) is 19.9 Å². The number of rotatable bonds is 2. The number of phenolic OH excluding ortho intramolecular Hbond substituents is 2. The number of Topliss-reactive ketones (excluding diaryl/α,β-unsaturated/α-hetero) is 1. The van der Waals surface area contributed by atoms with Crippen molar-refractivity contribution < 1.29 is 53.8 Å². The monoisotopic (exact) mass is 753 g/mol. The molecule has 2 aliphatic heterocycles. The molecule has 14 nitrogen and oxygen atoms in total. The van der Waals surface area contributed by atoms with E-state index in [0.717, 1.165) is 11.3 Å². The number of nitrogens with one attached hydrogen (secondary N) is 1. The molecule has 15 heteroatoms. The van der Waals surface area contributed by atoms with Crippen molar-refractivity contribution in [3.63, 3.8) is 0 Å². The van der Waals surface area contributed by atoms with E-state index in [2.05, 4.69) is 10.3 Å². The van der Waals surface area contributed by atoms with Crippen LogP contribution in [0.5, 0.6) is 17.2 Å². The van der Waals surface area contributed by atoms with Gasteiger partial charge in [0.1, 0.15) is 23.3 Å². The van der Waals surface area contributed by atoms with Gasteiger partial charge in [-0.1, -0.05) is 57.3 Å². The molecule has 286 valence electrons. The maximum absolute atomic E-state index is 14.3. The first-order valence-electron chi connectivity index (χ1n) is 17.3. The average molecular weight is 754 g/mol. The summed E-state index contributed by atoms with van der Waals surface area (Å²) in [4.78, 5) is 44.5. The number of aromatic hydroxyl groups is 2. The molecule has 0 spiro atoms.